The van der Waals surface area contributed by atoms with Gasteiger partial charge < -0.3 is 9.15 Å². The minimum atomic E-state index is -3.97. The van der Waals surface area contributed by atoms with Crippen LogP contribution in [0.3, 0.4) is 0 Å². The van der Waals surface area contributed by atoms with Crippen LogP contribution in [0.4, 0.5) is 6.01 Å². The number of aryl methyl sites for hydroxylation is 1. The van der Waals surface area contributed by atoms with E-state index in [1.54, 1.807) is 12.1 Å². The van der Waals surface area contributed by atoms with Crippen LogP contribution in [0.5, 0.6) is 5.75 Å². The predicted octanol–water partition coefficient (Wildman–Crippen LogP) is 4.05. The molecule has 1 heterocycles. The maximum atomic E-state index is 12.7. The van der Waals surface area contributed by atoms with Gasteiger partial charge in [-0.3, -0.25) is 0 Å². The van der Waals surface area contributed by atoms with E-state index in [2.05, 4.69) is 14.9 Å². The Kier molecular flexibility index (Phi) is 6.03. The van der Waals surface area contributed by atoms with E-state index < -0.39 is 10.0 Å². The normalized spacial score (nSPS) is 14.8. The number of sulfonamides is 1. The maximum Gasteiger partial charge on any atom is 0.329 e. The molecule has 142 valence electrons. The van der Waals surface area contributed by atoms with Gasteiger partial charge in [0.05, 0.1) is 6.61 Å². The molecule has 0 saturated heterocycles. The molecule has 1 aliphatic carbocycles. The van der Waals surface area contributed by atoms with Crippen LogP contribution >= 0.6 is 11.6 Å². The quantitative estimate of drug-likeness (QED) is 0.683. The molecule has 1 aromatic heterocycles. The zero-order chi connectivity index (χ0) is 18.6. The van der Waals surface area contributed by atoms with E-state index in [-0.39, 0.29) is 16.7 Å². The molecule has 0 aliphatic heterocycles. The highest BCUT2D eigenvalue weighted by Crippen LogP contribution is 2.32. The van der Waals surface area contributed by atoms with E-state index in [0.29, 0.717) is 29.9 Å². The van der Waals surface area contributed by atoms with Crippen LogP contribution in [-0.4, -0.2) is 25.2 Å². The average Bonchev–Trinajstić information content (AvgIpc) is 2.99. The molecule has 9 heteroatoms. The Morgan fingerprint density at radius 1 is 1.35 bits per heavy atom. The number of hydrogen-bond acceptors (Lipinski definition) is 6. The summed E-state index contributed by atoms with van der Waals surface area (Å²) in [6, 6.07) is 4.36. The average molecular weight is 400 g/mol. The highest BCUT2D eigenvalue weighted by molar-refractivity contribution is 7.92. The first-order valence-corrected chi connectivity index (χ1v) is 10.6. The van der Waals surface area contributed by atoms with E-state index >= 15 is 0 Å². The van der Waals surface area contributed by atoms with E-state index in [4.69, 9.17) is 20.8 Å². The summed E-state index contributed by atoms with van der Waals surface area (Å²) in [5.74, 6) is 1.14. The van der Waals surface area contributed by atoms with Crippen molar-refractivity contribution < 1.29 is 17.6 Å². The van der Waals surface area contributed by atoms with Crippen LogP contribution in [0.2, 0.25) is 5.02 Å². The summed E-state index contributed by atoms with van der Waals surface area (Å²) < 4.78 is 38.9. The maximum absolute atomic E-state index is 12.7. The number of unbranched alkanes of at least 4 members (excludes halogenated alkanes) is 1. The SMILES string of the molecule is CCCCc1nnc(NS(=O)(=O)c2cc(Cl)ccc2OCC2CCC2)o1. The molecule has 0 amide bonds. The molecule has 7 nitrogen and oxygen atoms in total. The molecule has 1 aliphatic rings. The molecule has 0 unspecified atom stereocenters. The summed E-state index contributed by atoms with van der Waals surface area (Å²) in [5, 5.41) is 7.90. The first-order valence-electron chi connectivity index (χ1n) is 8.75. The van der Waals surface area contributed by atoms with Gasteiger partial charge in [-0.15, -0.1) is 5.10 Å². The molecule has 0 bridgehead atoms. The number of halogens is 1. The third-order valence-electron chi connectivity index (χ3n) is 4.33. The Morgan fingerprint density at radius 2 is 2.15 bits per heavy atom. The molecule has 0 spiro atoms. The van der Waals surface area contributed by atoms with Gasteiger partial charge in [0.25, 0.3) is 10.0 Å². The van der Waals surface area contributed by atoms with Crippen LogP contribution < -0.4 is 9.46 Å². The topological polar surface area (TPSA) is 94.3 Å². The van der Waals surface area contributed by atoms with E-state index in [0.717, 1.165) is 25.7 Å². The number of rotatable bonds is 9. The Balaban J connectivity index is 1.76. The Morgan fingerprint density at radius 3 is 2.85 bits per heavy atom. The molecule has 2 aromatic rings. The number of benzene rings is 1. The molecule has 0 radical (unpaired) electrons. The van der Waals surface area contributed by atoms with E-state index in [1.807, 2.05) is 6.92 Å². The van der Waals surface area contributed by atoms with Crippen molar-refractivity contribution in [3.63, 3.8) is 0 Å². The number of nitrogens with one attached hydrogen (secondary N) is 1. The molecule has 1 saturated carbocycles. The number of ether oxygens (including phenoxy) is 1. The van der Waals surface area contributed by atoms with Gasteiger partial charge in [-0.25, -0.2) is 13.1 Å². The summed E-state index contributed by atoms with van der Waals surface area (Å²) in [5.41, 5.74) is 0. The van der Waals surface area contributed by atoms with Crippen molar-refractivity contribution in [1.29, 1.82) is 0 Å². The fourth-order valence-corrected chi connectivity index (χ4v) is 3.91. The number of anilines is 1. The van der Waals surface area contributed by atoms with Crippen LogP contribution in [0.1, 0.15) is 44.9 Å². The van der Waals surface area contributed by atoms with Gasteiger partial charge in [-0.05, 0) is 43.4 Å². The summed E-state index contributed by atoms with van der Waals surface area (Å²) in [6.07, 6.45) is 5.89. The van der Waals surface area contributed by atoms with Crippen molar-refractivity contribution in [3.8, 4) is 5.75 Å². The van der Waals surface area contributed by atoms with Crippen LogP contribution in [0, 0.1) is 5.92 Å². The van der Waals surface area contributed by atoms with Gasteiger partial charge in [0.1, 0.15) is 10.6 Å². The van der Waals surface area contributed by atoms with Crippen LogP contribution in [0.25, 0.3) is 0 Å². The Hall–Kier alpha value is -1.80. The molecule has 3 rings (SSSR count). The number of aromatic nitrogens is 2. The van der Waals surface area contributed by atoms with Crippen molar-refractivity contribution in [1.82, 2.24) is 10.2 Å². The summed E-state index contributed by atoms with van der Waals surface area (Å²) in [6.45, 7) is 2.54. The van der Waals surface area contributed by atoms with Gasteiger partial charge in [0.15, 0.2) is 0 Å². The fraction of sp³-hybridized carbons (Fsp3) is 0.529. The van der Waals surface area contributed by atoms with Gasteiger partial charge in [-0.2, -0.15) is 0 Å². The minimum absolute atomic E-state index is 0.0439. The van der Waals surface area contributed by atoms with Gasteiger partial charge in [-0.1, -0.05) is 36.5 Å². The standard InChI is InChI=1S/C17H22ClN3O4S/c1-2-3-7-16-19-20-17(25-16)21-26(22,23)15-10-13(18)8-9-14(15)24-11-12-5-4-6-12/h8-10,12H,2-7,11H2,1H3,(H,20,21). The third-order valence-corrected chi connectivity index (χ3v) is 5.90. The van der Waals surface area contributed by atoms with E-state index in [9.17, 15) is 8.42 Å². The zero-order valence-corrected chi connectivity index (χ0v) is 16.1. The minimum Gasteiger partial charge on any atom is -0.492 e. The lowest BCUT2D eigenvalue weighted by Crippen LogP contribution is -2.21. The Bertz CT molecular complexity index is 849. The highest BCUT2D eigenvalue weighted by atomic mass is 35.5. The molecule has 1 aromatic carbocycles. The first kappa shape index (κ1) is 19.0. The molecule has 0 atom stereocenters. The number of nitrogens with zero attached hydrogens (tertiary/aromatic N) is 2. The van der Waals surface area contributed by atoms with Crippen molar-refractivity contribution >= 4 is 27.6 Å². The second kappa shape index (κ2) is 8.26. The van der Waals surface area contributed by atoms with Crippen molar-refractivity contribution in [2.24, 2.45) is 5.92 Å². The van der Waals surface area contributed by atoms with Crippen LogP contribution in [-0.2, 0) is 16.4 Å². The van der Waals surface area contributed by atoms with E-state index in [1.165, 1.54) is 12.5 Å². The molecular formula is C17H22ClN3O4S. The second-order valence-electron chi connectivity index (χ2n) is 6.41. The largest absolute Gasteiger partial charge is 0.492 e. The monoisotopic (exact) mass is 399 g/mol. The zero-order valence-electron chi connectivity index (χ0n) is 14.6. The van der Waals surface area contributed by atoms with Crippen LogP contribution in [0.15, 0.2) is 27.5 Å². The summed E-state index contributed by atoms with van der Waals surface area (Å²) in [7, 11) is -3.97. The molecule has 26 heavy (non-hydrogen) atoms. The lowest BCUT2D eigenvalue weighted by Gasteiger charge is -2.25. The smallest absolute Gasteiger partial charge is 0.329 e. The highest BCUT2D eigenvalue weighted by Gasteiger charge is 2.25. The lowest BCUT2D eigenvalue weighted by molar-refractivity contribution is 0.177. The summed E-state index contributed by atoms with van der Waals surface area (Å²) >= 11 is 5.99. The fourth-order valence-electron chi connectivity index (χ4n) is 2.57. The van der Waals surface area contributed by atoms with Crippen molar-refractivity contribution in [2.75, 3.05) is 11.3 Å². The van der Waals surface area contributed by atoms with Crippen molar-refractivity contribution in [3.05, 3.63) is 29.1 Å². The predicted molar refractivity (Wildman–Crippen MR) is 98.0 cm³/mol. The van der Waals surface area contributed by atoms with Gasteiger partial charge in [0, 0.05) is 11.4 Å². The molecule has 1 N–H and O–H groups in total. The number of hydrogen-bond donors (Lipinski definition) is 1. The summed E-state index contributed by atoms with van der Waals surface area (Å²) in [4.78, 5) is -0.0439. The Labute approximate surface area is 158 Å². The van der Waals surface area contributed by atoms with Gasteiger partial charge in [0.2, 0.25) is 5.89 Å². The third kappa shape index (κ3) is 4.67. The second-order valence-corrected chi connectivity index (χ2v) is 8.50. The molecule has 1 fully saturated rings. The lowest BCUT2D eigenvalue weighted by atomic mass is 9.86. The van der Waals surface area contributed by atoms with Crippen molar-refractivity contribution in [2.45, 2.75) is 50.3 Å². The molecular weight excluding hydrogens is 378 g/mol. The first-order chi connectivity index (χ1) is 12.5. The van der Waals surface area contributed by atoms with Gasteiger partial charge >= 0.3 is 6.01 Å².